The molecule has 2 rings (SSSR count). The van der Waals surface area contributed by atoms with Crippen LogP contribution < -0.4 is 9.47 Å². The topological polar surface area (TPSA) is 48.0 Å². The maximum Gasteiger partial charge on any atom is 0.249 e. The van der Waals surface area contributed by atoms with Crippen molar-refractivity contribution in [3.8, 4) is 11.5 Å². The number of ether oxygens (including phenoxy) is 3. The van der Waals surface area contributed by atoms with Gasteiger partial charge in [0, 0.05) is 19.2 Å². The molecule has 1 saturated heterocycles. The third kappa shape index (κ3) is 2.88. The van der Waals surface area contributed by atoms with Crippen LogP contribution in [0.2, 0.25) is 0 Å². The lowest BCUT2D eigenvalue weighted by molar-refractivity contribution is -0.136. The van der Waals surface area contributed by atoms with Crippen LogP contribution >= 0.6 is 0 Å². The van der Waals surface area contributed by atoms with E-state index >= 15 is 0 Å². The number of hydrogen-bond acceptors (Lipinski definition) is 4. The molecule has 0 aromatic heterocycles. The maximum absolute atomic E-state index is 12.1. The number of hydrogen-bond donors (Lipinski definition) is 0. The van der Waals surface area contributed by atoms with E-state index in [1.807, 2.05) is 23.1 Å². The maximum atomic E-state index is 12.1. The number of nitrogens with zero attached hydrogens (tertiary/aromatic N) is 1. The summed E-state index contributed by atoms with van der Waals surface area (Å²) in [7, 11) is 4.81. The van der Waals surface area contributed by atoms with Gasteiger partial charge in [-0.3, -0.25) is 4.79 Å². The Morgan fingerprint density at radius 3 is 2.75 bits per heavy atom. The Kier molecular flexibility index (Phi) is 4.84. The van der Waals surface area contributed by atoms with Crippen LogP contribution in [0.15, 0.2) is 18.2 Å². The molecule has 1 aliphatic rings. The Bertz CT molecular complexity index is 475. The minimum Gasteiger partial charge on any atom is -0.497 e. The zero-order chi connectivity index (χ0) is 14.5. The quantitative estimate of drug-likeness (QED) is 0.827. The van der Waals surface area contributed by atoms with E-state index in [1.165, 1.54) is 7.11 Å². The van der Waals surface area contributed by atoms with Gasteiger partial charge in [0.15, 0.2) is 0 Å². The molecule has 1 aliphatic heterocycles. The van der Waals surface area contributed by atoms with Crippen molar-refractivity contribution < 1.29 is 19.0 Å². The van der Waals surface area contributed by atoms with Gasteiger partial charge < -0.3 is 19.1 Å². The van der Waals surface area contributed by atoms with Crippen LogP contribution in [0.25, 0.3) is 0 Å². The molecule has 1 aromatic carbocycles. The highest BCUT2D eigenvalue weighted by atomic mass is 16.5. The van der Waals surface area contributed by atoms with E-state index in [0.29, 0.717) is 0 Å². The molecule has 0 saturated carbocycles. The molecule has 5 nitrogen and oxygen atoms in total. The highest BCUT2D eigenvalue weighted by Crippen LogP contribution is 2.38. The van der Waals surface area contributed by atoms with E-state index in [4.69, 9.17) is 14.2 Å². The van der Waals surface area contributed by atoms with Crippen molar-refractivity contribution in [2.24, 2.45) is 0 Å². The molecule has 0 radical (unpaired) electrons. The second kappa shape index (κ2) is 6.61. The van der Waals surface area contributed by atoms with Crippen molar-refractivity contribution in [3.63, 3.8) is 0 Å². The fourth-order valence-electron chi connectivity index (χ4n) is 2.69. The average Bonchev–Trinajstić information content (AvgIpc) is 2.96. The van der Waals surface area contributed by atoms with Crippen molar-refractivity contribution in [3.05, 3.63) is 23.8 Å². The standard InChI is InChI=1S/C15H21NO4/c1-18-10-15(17)16-8-4-5-13(16)12-9-11(19-2)6-7-14(12)20-3/h6-7,9,13H,4-5,8,10H2,1-3H3. The van der Waals surface area contributed by atoms with E-state index in [-0.39, 0.29) is 18.6 Å². The van der Waals surface area contributed by atoms with Crippen LogP contribution in [0.5, 0.6) is 11.5 Å². The van der Waals surface area contributed by atoms with Gasteiger partial charge in [-0.15, -0.1) is 0 Å². The van der Waals surface area contributed by atoms with Crippen molar-refractivity contribution in [1.29, 1.82) is 0 Å². The van der Waals surface area contributed by atoms with Gasteiger partial charge in [-0.05, 0) is 31.0 Å². The number of amides is 1. The molecule has 0 N–H and O–H groups in total. The number of carbonyl (C=O) groups is 1. The normalized spacial score (nSPS) is 18.1. The first-order chi connectivity index (χ1) is 9.71. The van der Waals surface area contributed by atoms with Crippen molar-refractivity contribution in [2.45, 2.75) is 18.9 Å². The Morgan fingerprint density at radius 1 is 1.30 bits per heavy atom. The van der Waals surface area contributed by atoms with Gasteiger partial charge in [0.2, 0.25) is 5.91 Å². The first-order valence-corrected chi connectivity index (χ1v) is 6.71. The van der Waals surface area contributed by atoms with Gasteiger partial charge in [-0.1, -0.05) is 0 Å². The van der Waals surface area contributed by atoms with Gasteiger partial charge in [0.05, 0.1) is 20.3 Å². The summed E-state index contributed by atoms with van der Waals surface area (Å²) in [5.74, 6) is 1.57. The first kappa shape index (κ1) is 14.7. The molecule has 1 unspecified atom stereocenters. The van der Waals surface area contributed by atoms with Crippen LogP contribution in [-0.4, -0.2) is 45.3 Å². The summed E-state index contributed by atoms with van der Waals surface area (Å²) < 4.78 is 15.6. The van der Waals surface area contributed by atoms with E-state index in [1.54, 1.807) is 14.2 Å². The Balaban J connectivity index is 2.31. The Labute approximate surface area is 119 Å². The number of methoxy groups -OCH3 is 3. The van der Waals surface area contributed by atoms with E-state index in [9.17, 15) is 4.79 Å². The summed E-state index contributed by atoms with van der Waals surface area (Å²) >= 11 is 0. The van der Waals surface area contributed by atoms with Crippen LogP contribution in [0.3, 0.4) is 0 Å². The van der Waals surface area contributed by atoms with Crippen molar-refractivity contribution in [2.75, 3.05) is 34.5 Å². The summed E-state index contributed by atoms with van der Waals surface area (Å²) in [5, 5.41) is 0. The minimum absolute atomic E-state index is 0.0138. The molecule has 1 aromatic rings. The molecule has 5 heteroatoms. The zero-order valence-electron chi connectivity index (χ0n) is 12.2. The molecule has 0 aliphatic carbocycles. The molecular weight excluding hydrogens is 258 g/mol. The van der Waals surface area contributed by atoms with Gasteiger partial charge in [0.25, 0.3) is 0 Å². The van der Waals surface area contributed by atoms with Crippen LogP contribution in [0, 0.1) is 0 Å². The van der Waals surface area contributed by atoms with Gasteiger partial charge >= 0.3 is 0 Å². The SMILES string of the molecule is COCC(=O)N1CCCC1c1cc(OC)ccc1OC. The zero-order valence-corrected chi connectivity index (χ0v) is 12.2. The van der Waals surface area contributed by atoms with Gasteiger partial charge in [-0.25, -0.2) is 0 Å². The fraction of sp³-hybridized carbons (Fsp3) is 0.533. The summed E-state index contributed by atoms with van der Waals surface area (Å²) in [6, 6.07) is 5.72. The minimum atomic E-state index is 0.0138. The van der Waals surface area contributed by atoms with Crippen molar-refractivity contribution in [1.82, 2.24) is 4.90 Å². The summed E-state index contributed by atoms with van der Waals surface area (Å²) in [5.41, 5.74) is 0.994. The van der Waals surface area contributed by atoms with E-state index < -0.39 is 0 Å². The lowest BCUT2D eigenvalue weighted by atomic mass is 10.0. The molecule has 1 heterocycles. The molecule has 1 fully saturated rings. The average molecular weight is 279 g/mol. The predicted molar refractivity (Wildman–Crippen MR) is 75.1 cm³/mol. The molecule has 0 bridgehead atoms. The number of carbonyl (C=O) groups excluding carboxylic acids is 1. The lowest BCUT2D eigenvalue weighted by Gasteiger charge is -2.26. The third-order valence-electron chi connectivity index (χ3n) is 3.64. The lowest BCUT2D eigenvalue weighted by Crippen LogP contribution is -2.33. The second-order valence-electron chi connectivity index (χ2n) is 4.79. The van der Waals surface area contributed by atoms with Crippen molar-refractivity contribution >= 4 is 5.91 Å². The molecule has 20 heavy (non-hydrogen) atoms. The third-order valence-corrected chi connectivity index (χ3v) is 3.64. The first-order valence-electron chi connectivity index (χ1n) is 6.71. The number of benzene rings is 1. The van der Waals surface area contributed by atoms with Crippen LogP contribution in [0.4, 0.5) is 0 Å². The molecule has 1 amide bonds. The predicted octanol–water partition coefficient (Wildman–Crippen LogP) is 2.01. The second-order valence-corrected chi connectivity index (χ2v) is 4.79. The summed E-state index contributed by atoms with van der Waals surface area (Å²) in [6.07, 6.45) is 1.92. The van der Waals surface area contributed by atoms with Crippen LogP contribution in [-0.2, 0) is 9.53 Å². The molecule has 1 atom stereocenters. The van der Waals surface area contributed by atoms with Crippen LogP contribution in [0.1, 0.15) is 24.4 Å². The Hall–Kier alpha value is -1.75. The van der Waals surface area contributed by atoms with Gasteiger partial charge in [-0.2, -0.15) is 0 Å². The Morgan fingerprint density at radius 2 is 2.10 bits per heavy atom. The fourth-order valence-corrected chi connectivity index (χ4v) is 2.69. The highest BCUT2D eigenvalue weighted by Gasteiger charge is 2.31. The largest absolute Gasteiger partial charge is 0.497 e. The number of rotatable bonds is 5. The van der Waals surface area contributed by atoms with E-state index in [2.05, 4.69) is 0 Å². The van der Waals surface area contributed by atoms with E-state index in [0.717, 1.165) is 36.4 Å². The monoisotopic (exact) mass is 279 g/mol. The summed E-state index contributed by atoms with van der Waals surface area (Å²) in [6.45, 7) is 0.871. The molecule has 110 valence electrons. The molecular formula is C15H21NO4. The van der Waals surface area contributed by atoms with Gasteiger partial charge in [0.1, 0.15) is 18.1 Å². The summed E-state index contributed by atoms with van der Waals surface area (Å²) in [4.78, 5) is 14.0. The highest BCUT2D eigenvalue weighted by molar-refractivity contribution is 5.78. The number of likely N-dealkylation sites (tertiary alicyclic amines) is 1. The molecule has 0 spiro atoms. The smallest absolute Gasteiger partial charge is 0.249 e.